The number of nitrogens with zero attached hydrogens (tertiary/aromatic N) is 6. The summed E-state index contributed by atoms with van der Waals surface area (Å²) in [5.74, 6) is 0.459. The van der Waals surface area contributed by atoms with Crippen LogP contribution in [0.25, 0.3) is 11.3 Å². The first-order chi connectivity index (χ1) is 13.9. The molecule has 2 bridgehead atoms. The van der Waals surface area contributed by atoms with Gasteiger partial charge in [0.2, 0.25) is 0 Å². The lowest BCUT2D eigenvalue weighted by Gasteiger charge is -2.23. The molecule has 3 aromatic rings. The maximum absolute atomic E-state index is 9.66. The summed E-state index contributed by atoms with van der Waals surface area (Å²) in [6, 6.07) is 8.53. The number of nitrogens with two attached hydrogens (primary N) is 1. The van der Waals surface area contributed by atoms with Crippen LogP contribution in [0, 0.1) is 18.3 Å². The van der Waals surface area contributed by atoms with Crippen molar-refractivity contribution in [3.05, 3.63) is 46.8 Å². The summed E-state index contributed by atoms with van der Waals surface area (Å²) in [6.07, 6.45) is 1.29. The largest absolute Gasteiger partial charge is 0.467 e. The summed E-state index contributed by atoms with van der Waals surface area (Å²) >= 11 is 1.47. The number of ether oxygens (including phenoxy) is 1. The third kappa shape index (κ3) is 3.52. The molecule has 4 rings (SSSR count). The van der Waals surface area contributed by atoms with E-state index in [0.717, 1.165) is 16.7 Å². The van der Waals surface area contributed by atoms with Crippen LogP contribution in [-0.4, -0.2) is 31.1 Å². The third-order valence-electron chi connectivity index (χ3n) is 4.81. The molecule has 0 unspecified atom stereocenters. The van der Waals surface area contributed by atoms with Crippen molar-refractivity contribution in [2.75, 3.05) is 12.8 Å². The summed E-state index contributed by atoms with van der Waals surface area (Å²) in [5, 5.41) is 14.9. The van der Waals surface area contributed by atoms with Crippen molar-refractivity contribution in [1.82, 2.24) is 24.1 Å². The Kier molecular flexibility index (Phi) is 4.90. The van der Waals surface area contributed by atoms with E-state index in [1.54, 1.807) is 17.9 Å². The fraction of sp³-hybridized carbons (Fsp3) is 0.300. The minimum Gasteiger partial charge on any atom is -0.467 e. The van der Waals surface area contributed by atoms with Gasteiger partial charge in [0, 0.05) is 13.6 Å². The molecule has 1 aromatic carbocycles. The summed E-state index contributed by atoms with van der Waals surface area (Å²) < 4.78 is 9.78. The van der Waals surface area contributed by atoms with Crippen molar-refractivity contribution < 1.29 is 4.74 Å². The second kappa shape index (κ2) is 7.39. The molecule has 9 heteroatoms. The monoisotopic (exact) mass is 407 g/mol. The number of nitrogen functional groups attached to an aromatic ring is 1. The van der Waals surface area contributed by atoms with Gasteiger partial charge in [-0.15, -0.1) is 0 Å². The normalized spacial score (nSPS) is 16.6. The zero-order chi connectivity index (χ0) is 20.7. The zero-order valence-corrected chi connectivity index (χ0v) is 17.5. The van der Waals surface area contributed by atoms with Crippen LogP contribution in [0.1, 0.15) is 35.4 Å². The van der Waals surface area contributed by atoms with E-state index < -0.39 is 0 Å². The van der Waals surface area contributed by atoms with Crippen LogP contribution < -0.4 is 10.5 Å². The summed E-state index contributed by atoms with van der Waals surface area (Å²) in [4.78, 5) is 8.85. The first-order valence-electron chi connectivity index (χ1n) is 9.12. The molecule has 0 spiro atoms. The maximum Gasteiger partial charge on any atom is 0.258 e. The average molecular weight is 408 g/mol. The predicted octanol–water partition coefficient (Wildman–Crippen LogP) is 3.23. The van der Waals surface area contributed by atoms with Gasteiger partial charge in [0.15, 0.2) is 5.82 Å². The molecule has 29 heavy (non-hydrogen) atoms. The van der Waals surface area contributed by atoms with Crippen LogP contribution in [-0.2, 0) is 13.6 Å². The molecular weight excluding hydrogens is 386 g/mol. The third-order valence-corrected chi connectivity index (χ3v) is 5.71. The lowest BCUT2D eigenvalue weighted by molar-refractivity contribution is 0.216. The lowest BCUT2D eigenvalue weighted by Crippen LogP contribution is -2.15. The fourth-order valence-corrected chi connectivity index (χ4v) is 4.35. The Balaban J connectivity index is 1.93. The molecular formula is C20H21N7OS. The van der Waals surface area contributed by atoms with E-state index in [1.165, 1.54) is 11.9 Å². The van der Waals surface area contributed by atoms with Gasteiger partial charge in [-0.3, -0.25) is 4.68 Å². The molecule has 1 atom stereocenters. The minimum absolute atomic E-state index is 0.209. The van der Waals surface area contributed by atoms with Crippen molar-refractivity contribution in [3.63, 3.8) is 0 Å². The van der Waals surface area contributed by atoms with Crippen LogP contribution in [0.3, 0.4) is 0 Å². The summed E-state index contributed by atoms with van der Waals surface area (Å²) in [5.41, 5.74) is 11.0. The minimum atomic E-state index is -0.265. The van der Waals surface area contributed by atoms with E-state index in [0.29, 0.717) is 28.5 Å². The second-order valence-electron chi connectivity index (χ2n) is 7.05. The smallest absolute Gasteiger partial charge is 0.258 e. The Bertz CT molecular complexity index is 1130. The van der Waals surface area contributed by atoms with E-state index in [4.69, 9.17) is 10.5 Å². The molecule has 0 amide bonds. The Labute approximate surface area is 173 Å². The van der Waals surface area contributed by atoms with Crippen molar-refractivity contribution in [1.29, 1.82) is 5.26 Å². The van der Waals surface area contributed by atoms with E-state index in [-0.39, 0.29) is 17.8 Å². The molecule has 148 valence electrons. The zero-order valence-electron chi connectivity index (χ0n) is 16.7. The van der Waals surface area contributed by atoms with Crippen LogP contribution >= 0.6 is 11.9 Å². The maximum atomic E-state index is 9.66. The molecule has 1 aliphatic rings. The molecule has 8 nitrogen and oxygen atoms in total. The van der Waals surface area contributed by atoms with Gasteiger partial charge in [0.1, 0.15) is 22.9 Å². The number of nitriles is 1. The van der Waals surface area contributed by atoms with Gasteiger partial charge in [-0.05, 0) is 44.0 Å². The number of anilines is 1. The SMILES string of the molecule is Cc1ccc2c(c1)[C@@H](C)Oc1nc(cnc1N)-c1c(nn(C)c1C#N)SN(C)C2. The Hall–Kier alpha value is -3.09. The van der Waals surface area contributed by atoms with E-state index >= 15 is 0 Å². The number of aromatic nitrogens is 4. The van der Waals surface area contributed by atoms with Crippen molar-refractivity contribution in [3.8, 4) is 23.2 Å². The quantitative estimate of drug-likeness (QED) is 0.566. The highest BCUT2D eigenvalue weighted by atomic mass is 32.2. The van der Waals surface area contributed by atoms with Gasteiger partial charge in [0.05, 0.1) is 17.5 Å². The molecule has 2 N–H and O–H groups in total. The Morgan fingerprint density at radius 2 is 2.14 bits per heavy atom. The second-order valence-corrected chi connectivity index (χ2v) is 8.24. The van der Waals surface area contributed by atoms with Crippen LogP contribution in [0.15, 0.2) is 29.4 Å². The molecule has 0 fully saturated rings. The molecule has 3 heterocycles. The van der Waals surface area contributed by atoms with Crippen LogP contribution in [0.4, 0.5) is 5.82 Å². The topological polar surface area (TPSA) is 106 Å². The van der Waals surface area contributed by atoms with Gasteiger partial charge in [-0.25, -0.2) is 14.3 Å². The highest BCUT2D eigenvalue weighted by Crippen LogP contribution is 2.37. The standard InChI is InChI=1S/C20H21N7OS/c1-11-5-6-13-10-26(3)29-20-17(16(8-21)27(4)25-20)15-9-23-18(22)19(24-15)28-12(2)14(13)7-11/h5-7,9,12H,10H2,1-4H3,(H2,22,23)/t12-/m1/s1. The van der Waals surface area contributed by atoms with Gasteiger partial charge in [-0.1, -0.05) is 23.8 Å². The number of hydrogen-bond donors (Lipinski definition) is 1. The first kappa shape index (κ1) is 19.2. The molecule has 0 radical (unpaired) electrons. The van der Waals surface area contributed by atoms with Gasteiger partial charge < -0.3 is 10.5 Å². The van der Waals surface area contributed by atoms with Crippen LogP contribution in [0.2, 0.25) is 0 Å². The number of hydrogen-bond acceptors (Lipinski definition) is 8. The predicted molar refractivity (Wildman–Crippen MR) is 111 cm³/mol. The number of fused-ring (bicyclic) bond motifs is 5. The molecule has 0 saturated heterocycles. The van der Waals surface area contributed by atoms with Gasteiger partial charge >= 0.3 is 0 Å². The fourth-order valence-electron chi connectivity index (χ4n) is 3.40. The van der Waals surface area contributed by atoms with Gasteiger partial charge in [0.25, 0.3) is 5.88 Å². The summed E-state index contributed by atoms with van der Waals surface area (Å²) in [7, 11) is 3.74. The number of benzene rings is 1. The van der Waals surface area contributed by atoms with Crippen molar-refractivity contribution in [2.24, 2.45) is 7.05 Å². The summed E-state index contributed by atoms with van der Waals surface area (Å²) in [6.45, 7) is 4.71. The van der Waals surface area contributed by atoms with Crippen molar-refractivity contribution in [2.45, 2.75) is 31.5 Å². The van der Waals surface area contributed by atoms with Crippen LogP contribution in [0.5, 0.6) is 5.88 Å². The highest BCUT2D eigenvalue weighted by Gasteiger charge is 2.25. The van der Waals surface area contributed by atoms with E-state index in [2.05, 4.69) is 50.6 Å². The van der Waals surface area contributed by atoms with E-state index in [1.807, 2.05) is 14.0 Å². The van der Waals surface area contributed by atoms with Gasteiger partial charge in [-0.2, -0.15) is 10.4 Å². The average Bonchev–Trinajstić information content (AvgIpc) is 2.98. The molecule has 0 aliphatic carbocycles. The molecule has 2 aromatic heterocycles. The van der Waals surface area contributed by atoms with Crippen molar-refractivity contribution >= 4 is 17.8 Å². The number of aryl methyl sites for hydroxylation is 2. The Morgan fingerprint density at radius 3 is 2.90 bits per heavy atom. The Morgan fingerprint density at radius 1 is 1.34 bits per heavy atom. The molecule has 1 aliphatic heterocycles. The molecule has 0 saturated carbocycles. The highest BCUT2D eigenvalue weighted by molar-refractivity contribution is 7.97. The van der Waals surface area contributed by atoms with E-state index in [9.17, 15) is 5.26 Å². The lowest BCUT2D eigenvalue weighted by atomic mass is 10.0. The number of rotatable bonds is 0. The first-order valence-corrected chi connectivity index (χ1v) is 9.90.